The summed E-state index contributed by atoms with van der Waals surface area (Å²) < 4.78 is 34.0. The van der Waals surface area contributed by atoms with Crippen LogP contribution < -0.4 is 21.6 Å². The van der Waals surface area contributed by atoms with Gasteiger partial charge in [-0.2, -0.15) is 13.8 Å². The first kappa shape index (κ1) is 34.5. The SMILES string of the molecule is CCC(C)(CC(C)(CN=[N+]=[N-])C(=O)NCC(=O)Nc1ccn([C@@H]2O[C@H](CO)[C@H](O)C2(F)F)c(=O)n1)C(=O)NCC(C)O. The van der Waals surface area contributed by atoms with Crippen LogP contribution in [0.2, 0.25) is 0 Å². The molecule has 18 heteroatoms. The number of aliphatic hydroxyl groups excluding tert-OH is 3. The maximum absolute atomic E-state index is 14.4. The minimum Gasteiger partial charge on any atom is -0.394 e. The molecular formula is C24H36F2N8O8. The summed E-state index contributed by atoms with van der Waals surface area (Å²) in [4.78, 5) is 57.1. The minimum atomic E-state index is -3.91. The van der Waals surface area contributed by atoms with Crippen molar-refractivity contribution in [3.63, 3.8) is 0 Å². The van der Waals surface area contributed by atoms with Gasteiger partial charge in [0.2, 0.25) is 23.9 Å². The monoisotopic (exact) mass is 602 g/mol. The molecule has 0 radical (unpaired) electrons. The topological polar surface area (TPSA) is 241 Å². The summed E-state index contributed by atoms with van der Waals surface area (Å²) in [5.41, 5.74) is 5.05. The van der Waals surface area contributed by atoms with Crippen molar-refractivity contribution >= 4 is 23.5 Å². The molecule has 1 aromatic heterocycles. The Morgan fingerprint density at radius 2 is 1.93 bits per heavy atom. The quantitative estimate of drug-likeness (QED) is 0.0937. The Bertz CT molecular complexity index is 1260. The number of anilines is 1. The number of azide groups is 1. The first-order chi connectivity index (χ1) is 19.5. The molecule has 0 aromatic carbocycles. The van der Waals surface area contributed by atoms with Gasteiger partial charge in [0.25, 0.3) is 0 Å². The molecule has 6 N–H and O–H groups in total. The van der Waals surface area contributed by atoms with Crippen LogP contribution in [-0.2, 0) is 19.1 Å². The molecule has 16 nitrogen and oxygen atoms in total. The van der Waals surface area contributed by atoms with Gasteiger partial charge >= 0.3 is 11.6 Å². The van der Waals surface area contributed by atoms with E-state index in [0.29, 0.717) is 11.0 Å². The molecule has 0 saturated carbocycles. The van der Waals surface area contributed by atoms with Gasteiger partial charge in [0.1, 0.15) is 11.9 Å². The third kappa shape index (κ3) is 7.98. The normalized spacial score (nSPS) is 23.0. The minimum absolute atomic E-state index is 0.00626. The Hall–Kier alpha value is -3.70. The molecule has 1 aromatic rings. The number of hydrogen-bond acceptors (Lipinski definition) is 10. The molecule has 6 atom stereocenters. The van der Waals surface area contributed by atoms with E-state index in [0.717, 1.165) is 12.3 Å². The maximum Gasteiger partial charge on any atom is 0.351 e. The van der Waals surface area contributed by atoms with E-state index in [4.69, 9.17) is 15.4 Å². The maximum atomic E-state index is 14.4. The number of hydrogen-bond donors (Lipinski definition) is 6. The number of alkyl halides is 2. The number of aliphatic hydroxyl groups is 3. The number of halogens is 2. The van der Waals surface area contributed by atoms with E-state index in [1.807, 2.05) is 0 Å². The molecule has 1 fully saturated rings. The molecule has 2 heterocycles. The van der Waals surface area contributed by atoms with Crippen LogP contribution in [0.5, 0.6) is 0 Å². The van der Waals surface area contributed by atoms with Gasteiger partial charge < -0.3 is 36.0 Å². The molecule has 0 spiro atoms. The zero-order valence-corrected chi connectivity index (χ0v) is 23.6. The summed E-state index contributed by atoms with van der Waals surface area (Å²) in [6.07, 6.45) is -5.94. The molecule has 2 rings (SSSR count). The third-order valence-electron chi connectivity index (χ3n) is 7.02. The van der Waals surface area contributed by atoms with Crippen LogP contribution in [0.3, 0.4) is 0 Å². The first-order valence-corrected chi connectivity index (χ1v) is 13.0. The van der Waals surface area contributed by atoms with Crippen LogP contribution in [0.1, 0.15) is 46.8 Å². The van der Waals surface area contributed by atoms with Crippen molar-refractivity contribution in [1.82, 2.24) is 20.2 Å². The van der Waals surface area contributed by atoms with Gasteiger partial charge in [-0.3, -0.25) is 19.0 Å². The number of nitrogens with one attached hydrogen (secondary N) is 3. The predicted octanol–water partition coefficient (Wildman–Crippen LogP) is -0.196. The van der Waals surface area contributed by atoms with E-state index in [2.05, 4.69) is 31.0 Å². The third-order valence-corrected chi connectivity index (χ3v) is 7.02. The van der Waals surface area contributed by atoms with Crippen LogP contribution in [-0.4, -0.2) is 93.1 Å². The van der Waals surface area contributed by atoms with Crippen LogP contribution in [0.25, 0.3) is 10.4 Å². The summed E-state index contributed by atoms with van der Waals surface area (Å²) >= 11 is 0. The van der Waals surface area contributed by atoms with Crippen molar-refractivity contribution in [2.24, 2.45) is 15.9 Å². The fourth-order valence-corrected chi connectivity index (χ4v) is 4.42. The second-order valence-corrected chi connectivity index (χ2v) is 10.7. The molecule has 1 aliphatic heterocycles. The van der Waals surface area contributed by atoms with Gasteiger partial charge in [-0.05, 0) is 31.4 Å². The Morgan fingerprint density at radius 3 is 2.45 bits per heavy atom. The number of ether oxygens (including phenoxy) is 1. The molecule has 3 unspecified atom stereocenters. The van der Waals surface area contributed by atoms with E-state index in [9.17, 15) is 38.2 Å². The first-order valence-electron chi connectivity index (χ1n) is 13.0. The lowest BCUT2D eigenvalue weighted by atomic mass is 9.70. The largest absolute Gasteiger partial charge is 0.394 e. The molecule has 234 valence electrons. The van der Waals surface area contributed by atoms with E-state index < -0.39 is 77.9 Å². The molecule has 0 aliphatic carbocycles. The lowest BCUT2D eigenvalue weighted by Crippen LogP contribution is -2.50. The average Bonchev–Trinajstić information content (AvgIpc) is 3.16. The molecule has 3 amide bonds. The van der Waals surface area contributed by atoms with E-state index in [1.165, 1.54) is 13.8 Å². The van der Waals surface area contributed by atoms with E-state index in [-0.39, 0.29) is 25.3 Å². The highest BCUT2D eigenvalue weighted by Gasteiger charge is 2.59. The van der Waals surface area contributed by atoms with Crippen molar-refractivity contribution in [3.05, 3.63) is 33.2 Å². The van der Waals surface area contributed by atoms with Gasteiger partial charge in [0.05, 0.1) is 24.7 Å². The number of carbonyl (C=O) groups excluding carboxylic acids is 3. The van der Waals surface area contributed by atoms with Crippen LogP contribution in [0.15, 0.2) is 22.2 Å². The van der Waals surface area contributed by atoms with Crippen molar-refractivity contribution in [1.29, 1.82) is 0 Å². The Labute approximate surface area is 239 Å². The molecule has 0 bridgehead atoms. The second kappa shape index (κ2) is 14.0. The van der Waals surface area contributed by atoms with Gasteiger partial charge in [-0.15, -0.1) is 0 Å². The highest BCUT2D eigenvalue weighted by molar-refractivity contribution is 5.95. The van der Waals surface area contributed by atoms with Crippen LogP contribution in [0.4, 0.5) is 14.6 Å². The van der Waals surface area contributed by atoms with Gasteiger partial charge in [0, 0.05) is 29.6 Å². The molecule has 1 saturated heterocycles. The Balaban J connectivity index is 2.11. The van der Waals surface area contributed by atoms with Gasteiger partial charge in [-0.25, -0.2) is 4.79 Å². The molecule has 42 heavy (non-hydrogen) atoms. The fourth-order valence-electron chi connectivity index (χ4n) is 4.42. The number of amides is 3. The second-order valence-electron chi connectivity index (χ2n) is 10.7. The Kier molecular flexibility index (Phi) is 11.5. The van der Waals surface area contributed by atoms with Crippen molar-refractivity contribution in [3.8, 4) is 0 Å². The predicted molar refractivity (Wildman–Crippen MR) is 142 cm³/mol. The highest BCUT2D eigenvalue weighted by Crippen LogP contribution is 2.42. The van der Waals surface area contributed by atoms with Crippen molar-refractivity contribution < 1.29 is 43.2 Å². The summed E-state index contributed by atoms with van der Waals surface area (Å²) in [6, 6.07) is 1.02. The number of nitrogens with zero attached hydrogens (tertiary/aromatic N) is 5. The van der Waals surface area contributed by atoms with Gasteiger partial charge in [-0.1, -0.05) is 25.9 Å². The van der Waals surface area contributed by atoms with Crippen LogP contribution in [0, 0.1) is 10.8 Å². The summed E-state index contributed by atoms with van der Waals surface area (Å²) in [5.74, 6) is -6.23. The van der Waals surface area contributed by atoms with Crippen molar-refractivity contribution in [2.45, 2.75) is 71.0 Å². The van der Waals surface area contributed by atoms with Gasteiger partial charge in [0.15, 0.2) is 6.10 Å². The average molecular weight is 603 g/mol. The van der Waals surface area contributed by atoms with E-state index >= 15 is 0 Å². The lowest BCUT2D eigenvalue weighted by molar-refractivity contribution is -0.141. The highest BCUT2D eigenvalue weighted by atomic mass is 19.3. The number of aromatic nitrogens is 2. The van der Waals surface area contributed by atoms with Crippen LogP contribution >= 0.6 is 0 Å². The Morgan fingerprint density at radius 1 is 1.29 bits per heavy atom. The number of carbonyl (C=O) groups is 3. The molecule has 1 aliphatic rings. The zero-order chi connectivity index (χ0) is 31.9. The lowest BCUT2D eigenvalue weighted by Gasteiger charge is -2.36. The molecular weight excluding hydrogens is 566 g/mol. The number of rotatable bonds is 14. The summed E-state index contributed by atoms with van der Waals surface area (Å²) in [7, 11) is 0. The fraction of sp³-hybridized carbons (Fsp3) is 0.708. The van der Waals surface area contributed by atoms with E-state index in [1.54, 1.807) is 13.8 Å². The standard InChI is InChI=1S/C24H36F2N8O8/c1-5-22(3,18(39)28-8-13(2)36)11-23(4,12-30-33-27)19(40)29-9-16(37)31-15-6-7-34(21(41)32-15)20-24(25,26)17(38)14(10-35)42-20/h6-7,13-14,17,20,35-36,38H,5,8-12H2,1-4H3,(H,28,39)(H,29,40)(H,31,32,37,41)/t13?,14-,17+,20-,22?,23?/m1/s1. The zero-order valence-electron chi connectivity index (χ0n) is 23.6. The summed E-state index contributed by atoms with van der Waals surface area (Å²) in [5, 5.41) is 39.0. The van der Waals surface area contributed by atoms with Crippen molar-refractivity contribution in [2.75, 3.05) is 31.6 Å². The smallest absolute Gasteiger partial charge is 0.351 e. The summed E-state index contributed by atoms with van der Waals surface area (Å²) in [6.45, 7) is 4.43.